The van der Waals surface area contributed by atoms with Crippen LogP contribution in [0.5, 0.6) is 0 Å². The van der Waals surface area contributed by atoms with Crippen molar-refractivity contribution in [3.8, 4) is 0 Å². The summed E-state index contributed by atoms with van der Waals surface area (Å²) in [5.41, 5.74) is 0.241. The number of nitrogens with one attached hydrogen (secondary N) is 2. The molecule has 2 N–H and O–H groups in total. The van der Waals surface area contributed by atoms with Gasteiger partial charge in [0.1, 0.15) is 11.6 Å². The predicted octanol–water partition coefficient (Wildman–Crippen LogP) is 2.34. The molecule has 1 fully saturated rings. The van der Waals surface area contributed by atoms with E-state index in [1.165, 1.54) is 6.07 Å². The van der Waals surface area contributed by atoms with Crippen molar-refractivity contribution in [2.75, 3.05) is 19.0 Å². The van der Waals surface area contributed by atoms with Gasteiger partial charge in [-0.05, 0) is 31.7 Å². The first kappa shape index (κ1) is 15.7. The Bertz CT molecular complexity index is 496. The smallest absolute Gasteiger partial charge is 0.255 e. The lowest BCUT2D eigenvalue weighted by atomic mass is 10.1. The maximum absolute atomic E-state index is 13.4. The van der Waals surface area contributed by atoms with Crippen LogP contribution in [0.25, 0.3) is 0 Å². The zero-order chi connectivity index (χ0) is 15.2. The lowest BCUT2D eigenvalue weighted by molar-refractivity contribution is 0.0722. The van der Waals surface area contributed by atoms with Crippen molar-refractivity contribution in [2.45, 2.75) is 44.8 Å². The fraction of sp³-hybridized carbons (Fsp3) is 0.600. The summed E-state index contributed by atoms with van der Waals surface area (Å²) in [6.45, 7) is 2.70. The van der Waals surface area contributed by atoms with Crippen LogP contribution in [0.4, 0.5) is 10.2 Å². The molecule has 2 unspecified atom stereocenters. The molecule has 0 radical (unpaired) electrons. The lowest BCUT2D eigenvalue weighted by Crippen LogP contribution is -2.41. The van der Waals surface area contributed by atoms with Gasteiger partial charge in [-0.15, -0.1) is 0 Å². The van der Waals surface area contributed by atoms with Gasteiger partial charge in [0.15, 0.2) is 0 Å². The molecular formula is C15H22FN3O2. The van der Waals surface area contributed by atoms with E-state index in [1.54, 1.807) is 7.11 Å². The summed E-state index contributed by atoms with van der Waals surface area (Å²) in [6, 6.07) is 1.20. The van der Waals surface area contributed by atoms with Gasteiger partial charge in [0.25, 0.3) is 5.91 Å². The third kappa shape index (κ3) is 3.91. The van der Waals surface area contributed by atoms with Crippen molar-refractivity contribution < 1.29 is 13.9 Å². The van der Waals surface area contributed by atoms with Crippen molar-refractivity contribution in [1.82, 2.24) is 10.3 Å². The van der Waals surface area contributed by atoms with Gasteiger partial charge in [-0.1, -0.05) is 6.92 Å². The number of halogens is 1. The van der Waals surface area contributed by atoms with E-state index in [2.05, 4.69) is 15.6 Å². The minimum atomic E-state index is -0.517. The van der Waals surface area contributed by atoms with E-state index >= 15 is 0 Å². The second-order valence-electron chi connectivity index (χ2n) is 5.26. The summed E-state index contributed by atoms with van der Waals surface area (Å²) >= 11 is 0. The monoisotopic (exact) mass is 295 g/mol. The number of anilines is 1. The van der Waals surface area contributed by atoms with E-state index in [-0.39, 0.29) is 23.6 Å². The van der Waals surface area contributed by atoms with Crippen LogP contribution in [0.15, 0.2) is 12.3 Å². The van der Waals surface area contributed by atoms with Crippen LogP contribution >= 0.6 is 0 Å². The highest BCUT2D eigenvalue weighted by Crippen LogP contribution is 2.22. The highest BCUT2D eigenvalue weighted by molar-refractivity contribution is 5.98. The van der Waals surface area contributed by atoms with Crippen LogP contribution in [0, 0.1) is 5.82 Å². The number of amides is 1. The van der Waals surface area contributed by atoms with Crippen molar-refractivity contribution in [3.63, 3.8) is 0 Å². The Labute approximate surface area is 124 Å². The largest absolute Gasteiger partial charge is 0.379 e. The Balaban J connectivity index is 2.12. The molecule has 1 amide bonds. The van der Waals surface area contributed by atoms with Gasteiger partial charge in [0.05, 0.1) is 23.9 Å². The Hall–Kier alpha value is -1.69. The first-order valence-corrected chi connectivity index (χ1v) is 7.38. The normalized spacial score (nSPS) is 21.3. The SMILES string of the molecule is CCCNc1ncc(F)cc1C(=O)NC1CCCC1OC. The number of carbonyl (C=O) groups is 1. The van der Waals surface area contributed by atoms with E-state index in [9.17, 15) is 9.18 Å². The summed E-state index contributed by atoms with van der Waals surface area (Å²) in [7, 11) is 1.65. The molecule has 2 atom stereocenters. The highest BCUT2D eigenvalue weighted by Gasteiger charge is 2.29. The van der Waals surface area contributed by atoms with Gasteiger partial charge >= 0.3 is 0 Å². The average Bonchev–Trinajstić information content (AvgIpc) is 2.93. The van der Waals surface area contributed by atoms with Gasteiger partial charge in [0, 0.05) is 13.7 Å². The number of hydrogen-bond acceptors (Lipinski definition) is 4. The number of hydrogen-bond donors (Lipinski definition) is 2. The summed E-state index contributed by atoms with van der Waals surface area (Å²) in [4.78, 5) is 16.4. The second-order valence-corrected chi connectivity index (χ2v) is 5.26. The molecule has 1 aromatic rings. The molecule has 1 aromatic heterocycles. The minimum Gasteiger partial charge on any atom is -0.379 e. The average molecular weight is 295 g/mol. The quantitative estimate of drug-likeness (QED) is 0.845. The van der Waals surface area contributed by atoms with Crippen molar-refractivity contribution in [2.24, 2.45) is 0 Å². The van der Waals surface area contributed by atoms with Crippen LogP contribution in [-0.2, 0) is 4.74 Å². The maximum Gasteiger partial charge on any atom is 0.255 e. The van der Waals surface area contributed by atoms with Crippen LogP contribution in [0.2, 0.25) is 0 Å². The predicted molar refractivity (Wildman–Crippen MR) is 78.9 cm³/mol. The molecule has 1 heterocycles. The molecule has 21 heavy (non-hydrogen) atoms. The zero-order valence-corrected chi connectivity index (χ0v) is 12.5. The van der Waals surface area contributed by atoms with Crippen LogP contribution in [0.3, 0.4) is 0 Å². The standard InChI is InChI=1S/C15H22FN3O2/c1-3-7-17-14-11(8-10(16)9-18-14)15(20)19-12-5-4-6-13(12)21-2/h8-9,12-13H,3-7H2,1-2H3,(H,17,18)(H,19,20). The first-order valence-electron chi connectivity index (χ1n) is 7.38. The molecule has 0 spiro atoms. The molecule has 2 rings (SSSR count). The lowest BCUT2D eigenvalue weighted by Gasteiger charge is -2.20. The van der Waals surface area contributed by atoms with Crippen LogP contribution < -0.4 is 10.6 Å². The van der Waals surface area contributed by atoms with Gasteiger partial charge in [0.2, 0.25) is 0 Å². The number of carbonyl (C=O) groups excluding carboxylic acids is 1. The Morgan fingerprint density at radius 2 is 2.33 bits per heavy atom. The van der Waals surface area contributed by atoms with Crippen molar-refractivity contribution in [1.29, 1.82) is 0 Å². The Kier molecular flexibility index (Phi) is 5.50. The molecule has 0 aliphatic heterocycles. The van der Waals surface area contributed by atoms with E-state index in [0.717, 1.165) is 31.9 Å². The molecule has 116 valence electrons. The molecule has 0 saturated heterocycles. The highest BCUT2D eigenvalue weighted by atomic mass is 19.1. The number of nitrogens with zero attached hydrogens (tertiary/aromatic N) is 1. The number of ether oxygens (including phenoxy) is 1. The fourth-order valence-corrected chi connectivity index (χ4v) is 2.62. The zero-order valence-electron chi connectivity index (χ0n) is 12.5. The summed E-state index contributed by atoms with van der Waals surface area (Å²) in [5, 5.41) is 5.98. The van der Waals surface area contributed by atoms with Gasteiger partial charge in [-0.2, -0.15) is 0 Å². The fourth-order valence-electron chi connectivity index (χ4n) is 2.62. The minimum absolute atomic E-state index is 0.0233. The Morgan fingerprint density at radius 1 is 1.52 bits per heavy atom. The van der Waals surface area contributed by atoms with Crippen molar-refractivity contribution >= 4 is 11.7 Å². The molecule has 1 aliphatic rings. The van der Waals surface area contributed by atoms with E-state index < -0.39 is 5.82 Å². The van der Waals surface area contributed by atoms with Crippen LogP contribution in [-0.4, -0.2) is 36.7 Å². The van der Waals surface area contributed by atoms with Gasteiger partial charge < -0.3 is 15.4 Å². The third-order valence-corrected chi connectivity index (χ3v) is 3.71. The van der Waals surface area contributed by atoms with Crippen LogP contribution in [0.1, 0.15) is 43.0 Å². The molecule has 5 nitrogen and oxygen atoms in total. The van der Waals surface area contributed by atoms with Crippen molar-refractivity contribution in [3.05, 3.63) is 23.6 Å². The molecular weight excluding hydrogens is 273 g/mol. The summed E-state index contributed by atoms with van der Waals surface area (Å²) in [5.74, 6) is -0.408. The maximum atomic E-state index is 13.4. The summed E-state index contributed by atoms with van der Waals surface area (Å²) in [6.07, 6.45) is 4.87. The molecule has 6 heteroatoms. The molecule has 0 bridgehead atoms. The first-order chi connectivity index (χ1) is 10.2. The van der Waals surface area contributed by atoms with Gasteiger partial charge in [-0.3, -0.25) is 4.79 Å². The number of pyridine rings is 1. The molecule has 0 aromatic carbocycles. The van der Waals surface area contributed by atoms with E-state index in [1.807, 2.05) is 6.92 Å². The Morgan fingerprint density at radius 3 is 3.05 bits per heavy atom. The molecule has 1 saturated carbocycles. The second kappa shape index (κ2) is 7.36. The number of methoxy groups -OCH3 is 1. The van der Waals surface area contributed by atoms with E-state index in [4.69, 9.17) is 4.74 Å². The number of aromatic nitrogens is 1. The third-order valence-electron chi connectivity index (χ3n) is 3.71. The van der Waals surface area contributed by atoms with E-state index in [0.29, 0.717) is 12.4 Å². The number of rotatable bonds is 6. The topological polar surface area (TPSA) is 63.2 Å². The summed E-state index contributed by atoms with van der Waals surface area (Å²) < 4.78 is 18.8. The molecule has 1 aliphatic carbocycles. The van der Waals surface area contributed by atoms with Gasteiger partial charge in [-0.25, -0.2) is 9.37 Å².